The molecule has 1 fully saturated rings. The normalized spacial score (nSPS) is 31.0. The van der Waals surface area contributed by atoms with E-state index in [2.05, 4.69) is 18.9 Å². The number of nitrogens with zero attached hydrogens (tertiary/aromatic N) is 2. The van der Waals surface area contributed by atoms with Gasteiger partial charge >= 0.3 is 0 Å². The van der Waals surface area contributed by atoms with Crippen LogP contribution < -0.4 is 0 Å². The highest BCUT2D eigenvalue weighted by Crippen LogP contribution is 2.37. The predicted molar refractivity (Wildman–Crippen MR) is 59.6 cm³/mol. The molecular formula is C12H20N2O. The fourth-order valence-electron chi connectivity index (χ4n) is 2.52. The van der Waals surface area contributed by atoms with Crippen LogP contribution in [-0.2, 0) is 13.0 Å². The van der Waals surface area contributed by atoms with Gasteiger partial charge in [0.2, 0.25) is 0 Å². The number of rotatable bonds is 3. The Hall–Kier alpha value is -0.830. The van der Waals surface area contributed by atoms with Crippen molar-refractivity contribution in [2.75, 3.05) is 0 Å². The van der Waals surface area contributed by atoms with E-state index in [-0.39, 0.29) is 0 Å². The highest BCUT2D eigenvalue weighted by Gasteiger charge is 2.38. The molecule has 3 heteroatoms. The van der Waals surface area contributed by atoms with Crippen molar-refractivity contribution in [1.29, 1.82) is 0 Å². The largest absolute Gasteiger partial charge is 0.389 e. The first-order valence-corrected chi connectivity index (χ1v) is 5.88. The maximum Gasteiger partial charge on any atom is 0.0714 e. The van der Waals surface area contributed by atoms with E-state index in [1.54, 1.807) is 0 Å². The fraction of sp³-hybridized carbons (Fsp3) is 0.750. The molecule has 1 aromatic rings. The summed E-state index contributed by atoms with van der Waals surface area (Å²) >= 11 is 0. The second kappa shape index (κ2) is 3.97. The molecule has 2 atom stereocenters. The van der Waals surface area contributed by atoms with E-state index in [1.165, 1.54) is 0 Å². The predicted octanol–water partition coefficient (Wildman–Crippen LogP) is 2.00. The number of aliphatic hydroxyl groups is 1. The van der Waals surface area contributed by atoms with E-state index in [0.717, 1.165) is 37.8 Å². The summed E-state index contributed by atoms with van der Waals surface area (Å²) < 4.78 is 1.91. The topological polar surface area (TPSA) is 38.0 Å². The second-order valence-corrected chi connectivity index (χ2v) is 4.78. The third-order valence-electron chi connectivity index (χ3n) is 3.69. The molecule has 1 heterocycles. The van der Waals surface area contributed by atoms with Crippen molar-refractivity contribution in [2.24, 2.45) is 5.92 Å². The van der Waals surface area contributed by atoms with Crippen molar-refractivity contribution in [3.05, 3.63) is 18.0 Å². The van der Waals surface area contributed by atoms with Crippen molar-refractivity contribution < 1.29 is 5.11 Å². The Labute approximate surface area is 91.1 Å². The smallest absolute Gasteiger partial charge is 0.0714 e. The average Bonchev–Trinajstić information content (AvgIpc) is 2.76. The van der Waals surface area contributed by atoms with Crippen LogP contribution in [-0.4, -0.2) is 20.5 Å². The van der Waals surface area contributed by atoms with Crippen molar-refractivity contribution in [1.82, 2.24) is 9.78 Å². The Morgan fingerprint density at radius 3 is 3.00 bits per heavy atom. The standard InChI is InChI=1S/C12H20N2O/c1-3-14-9-11(8-13-14)7-12(15)6-4-5-10(12)2/h8-10,15H,3-7H2,1-2H3. The molecule has 1 N–H and O–H groups in total. The van der Waals surface area contributed by atoms with Gasteiger partial charge in [-0.15, -0.1) is 0 Å². The van der Waals surface area contributed by atoms with E-state index in [4.69, 9.17) is 0 Å². The molecule has 0 bridgehead atoms. The summed E-state index contributed by atoms with van der Waals surface area (Å²) in [5.74, 6) is 0.419. The number of aryl methyl sites for hydroxylation is 1. The molecule has 0 spiro atoms. The Bertz CT molecular complexity index is 334. The highest BCUT2D eigenvalue weighted by atomic mass is 16.3. The number of hydrogen-bond donors (Lipinski definition) is 1. The first kappa shape index (κ1) is 10.7. The zero-order valence-electron chi connectivity index (χ0n) is 9.61. The number of hydrogen-bond acceptors (Lipinski definition) is 2. The quantitative estimate of drug-likeness (QED) is 0.825. The molecular weight excluding hydrogens is 188 g/mol. The molecule has 1 aliphatic carbocycles. The van der Waals surface area contributed by atoms with Gasteiger partial charge in [0.05, 0.1) is 11.8 Å². The zero-order chi connectivity index (χ0) is 10.9. The molecule has 3 nitrogen and oxygen atoms in total. The molecule has 1 saturated carbocycles. The number of aromatic nitrogens is 2. The first-order chi connectivity index (χ1) is 7.14. The molecule has 2 rings (SSSR count). The van der Waals surface area contributed by atoms with Gasteiger partial charge < -0.3 is 5.11 Å². The Morgan fingerprint density at radius 2 is 2.47 bits per heavy atom. The van der Waals surface area contributed by atoms with E-state index in [1.807, 2.05) is 17.1 Å². The van der Waals surface area contributed by atoms with E-state index in [9.17, 15) is 5.11 Å². The highest BCUT2D eigenvalue weighted by molar-refractivity contribution is 5.10. The fourth-order valence-corrected chi connectivity index (χ4v) is 2.52. The Kier molecular flexibility index (Phi) is 2.83. The molecule has 0 aromatic carbocycles. The van der Waals surface area contributed by atoms with Gasteiger partial charge in [0.15, 0.2) is 0 Å². The third kappa shape index (κ3) is 2.07. The minimum atomic E-state index is -0.485. The molecule has 84 valence electrons. The minimum absolute atomic E-state index is 0.419. The van der Waals surface area contributed by atoms with Crippen LogP contribution in [0.25, 0.3) is 0 Å². The lowest BCUT2D eigenvalue weighted by atomic mass is 9.87. The summed E-state index contributed by atoms with van der Waals surface area (Å²) in [6, 6.07) is 0. The molecule has 0 amide bonds. The summed E-state index contributed by atoms with van der Waals surface area (Å²) in [6.07, 6.45) is 7.92. The summed E-state index contributed by atoms with van der Waals surface area (Å²) in [5.41, 5.74) is 0.676. The van der Waals surface area contributed by atoms with Gasteiger partial charge in [-0.2, -0.15) is 5.10 Å². The maximum absolute atomic E-state index is 10.5. The van der Waals surface area contributed by atoms with Crippen LogP contribution in [0.4, 0.5) is 0 Å². The van der Waals surface area contributed by atoms with Gasteiger partial charge in [-0.3, -0.25) is 4.68 Å². The van der Waals surface area contributed by atoms with Crippen molar-refractivity contribution in [3.8, 4) is 0 Å². The first-order valence-electron chi connectivity index (χ1n) is 5.88. The molecule has 15 heavy (non-hydrogen) atoms. The van der Waals surface area contributed by atoms with Crippen LogP contribution in [0.2, 0.25) is 0 Å². The molecule has 1 aliphatic rings. The van der Waals surface area contributed by atoms with Gasteiger partial charge in [-0.1, -0.05) is 13.3 Å². The van der Waals surface area contributed by atoms with Gasteiger partial charge in [-0.25, -0.2) is 0 Å². The van der Waals surface area contributed by atoms with Crippen LogP contribution in [0.5, 0.6) is 0 Å². The zero-order valence-corrected chi connectivity index (χ0v) is 9.61. The minimum Gasteiger partial charge on any atom is -0.389 e. The molecule has 2 unspecified atom stereocenters. The molecule has 0 aliphatic heterocycles. The van der Waals surface area contributed by atoms with Crippen molar-refractivity contribution in [3.63, 3.8) is 0 Å². The summed E-state index contributed by atoms with van der Waals surface area (Å²) in [6.45, 7) is 5.12. The van der Waals surface area contributed by atoms with Gasteiger partial charge in [0.1, 0.15) is 0 Å². The second-order valence-electron chi connectivity index (χ2n) is 4.78. The Balaban J connectivity index is 2.07. The monoisotopic (exact) mass is 208 g/mol. The summed E-state index contributed by atoms with van der Waals surface area (Å²) in [4.78, 5) is 0. The molecule has 1 aromatic heterocycles. The molecule has 0 saturated heterocycles. The summed E-state index contributed by atoms with van der Waals surface area (Å²) in [7, 11) is 0. The lowest BCUT2D eigenvalue weighted by Crippen LogP contribution is -2.33. The molecule has 0 radical (unpaired) electrons. The van der Waals surface area contributed by atoms with Crippen LogP contribution in [0.15, 0.2) is 12.4 Å². The summed E-state index contributed by atoms with van der Waals surface area (Å²) in [5, 5.41) is 14.7. The van der Waals surface area contributed by atoms with E-state index >= 15 is 0 Å². The van der Waals surface area contributed by atoms with Crippen LogP contribution >= 0.6 is 0 Å². The lowest BCUT2D eigenvalue weighted by Gasteiger charge is -2.27. The lowest BCUT2D eigenvalue weighted by molar-refractivity contribution is 0.00958. The van der Waals surface area contributed by atoms with Crippen LogP contribution in [0.3, 0.4) is 0 Å². The van der Waals surface area contributed by atoms with Crippen LogP contribution in [0.1, 0.15) is 38.7 Å². The van der Waals surface area contributed by atoms with Crippen molar-refractivity contribution >= 4 is 0 Å². The maximum atomic E-state index is 10.5. The van der Waals surface area contributed by atoms with Gasteiger partial charge in [0.25, 0.3) is 0 Å². The van der Waals surface area contributed by atoms with E-state index < -0.39 is 5.60 Å². The SMILES string of the molecule is CCn1cc(CC2(O)CCCC2C)cn1. The van der Waals surface area contributed by atoms with Crippen LogP contribution in [0, 0.1) is 5.92 Å². The van der Waals surface area contributed by atoms with Gasteiger partial charge in [-0.05, 0) is 31.2 Å². The third-order valence-corrected chi connectivity index (χ3v) is 3.69. The van der Waals surface area contributed by atoms with Gasteiger partial charge in [0, 0.05) is 19.2 Å². The Morgan fingerprint density at radius 1 is 1.67 bits per heavy atom. The average molecular weight is 208 g/mol. The van der Waals surface area contributed by atoms with E-state index in [0.29, 0.717) is 5.92 Å². The van der Waals surface area contributed by atoms with Crippen molar-refractivity contribution in [2.45, 2.75) is 51.7 Å².